The van der Waals surface area contributed by atoms with E-state index >= 15 is 0 Å². The van der Waals surface area contributed by atoms with Crippen LogP contribution in [0, 0.1) is 0 Å². The van der Waals surface area contributed by atoms with Gasteiger partial charge < -0.3 is 10.5 Å². The maximum absolute atomic E-state index is 12.7. The molecule has 1 aliphatic rings. The predicted octanol–water partition coefficient (Wildman–Crippen LogP) is 3.56. The number of benzene rings is 1. The molecule has 0 radical (unpaired) electrons. The lowest BCUT2D eigenvalue weighted by Crippen LogP contribution is -2.41. The van der Waals surface area contributed by atoms with Crippen LogP contribution in [0.25, 0.3) is 0 Å². The van der Waals surface area contributed by atoms with E-state index in [0.29, 0.717) is 17.0 Å². The molecule has 1 amide bonds. The number of halogens is 6. The molecule has 2 atom stereocenters. The highest BCUT2D eigenvalue weighted by Crippen LogP contribution is 2.39. The summed E-state index contributed by atoms with van der Waals surface area (Å²) in [5.41, 5.74) is 3.64. The van der Waals surface area contributed by atoms with Crippen LogP contribution in [-0.2, 0) is 10.9 Å². The van der Waals surface area contributed by atoms with Crippen LogP contribution in [0.15, 0.2) is 18.2 Å². The standard InChI is InChI=1S/C12H10F6N2O2/c1-5-9(12(16,17)18)22-10(21)20(5)8-3-2-6(4-7(8)19)11(13,14)15/h2-5,9H,19H2,1H3. The molecule has 0 spiro atoms. The van der Waals surface area contributed by atoms with Crippen LogP contribution in [0.3, 0.4) is 0 Å². The summed E-state index contributed by atoms with van der Waals surface area (Å²) in [5, 5.41) is 0. The summed E-state index contributed by atoms with van der Waals surface area (Å²) in [6.45, 7) is 1.07. The van der Waals surface area contributed by atoms with Crippen LogP contribution in [0.4, 0.5) is 42.5 Å². The molecule has 1 aromatic carbocycles. The molecule has 1 saturated heterocycles. The second-order valence-corrected chi connectivity index (χ2v) is 4.73. The van der Waals surface area contributed by atoms with E-state index in [1.165, 1.54) is 0 Å². The zero-order valence-electron chi connectivity index (χ0n) is 11.0. The molecule has 0 saturated carbocycles. The number of ether oxygens (including phenoxy) is 1. The minimum atomic E-state index is -4.79. The number of hydrogen-bond donors (Lipinski definition) is 1. The Morgan fingerprint density at radius 1 is 1.18 bits per heavy atom. The van der Waals surface area contributed by atoms with Crippen LogP contribution in [-0.4, -0.2) is 24.4 Å². The van der Waals surface area contributed by atoms with Crippen LogP contribution in [0.5, 0.6) is 0 Å². The number of alkyl halides is 6. The van der Waals surface area contributed by atoms with Gasteiger partial charge in [-0.1, -0.05) is 0 Å². The molecule has 10 heteroatoms. The quantitative estimate of drug-likeness (QED) is 0.633. The fraction of sp³-hybridized carbons (Fsp3) is 0.417. The number of carbonyl (C=O) groups is 1. The van der Waals surface area contributed by atoms with Crippen molar-refractivity contribution in [3.8, 4) is 0 Å². The SMILES string of the molecule is CC1C(C(F)(F)F)OC(=O)N1c1ccc(C(F)(F)F)cc1N. The number of nitrogen functional groups attached to an aromatic ring is 1. The van der Waals surface area contributed by atoms with E-state index in [4.69, 9.17) is 5.73 Å². The molecular formula is C12H10F6N2O2. The first-order valence-corrected chi connectivity index (χ1v) is 5.96. The minimum absolute atomic E-state index is 0.266. The third-order valence-corrected chi connectivity index (χ3v) is 3.21. The van der Waals surface area contributed by atoms with Gasteiger partial charge in [-0.25, -0.2) is 4.79 Å². The van der Waals surface area contributed by atoms with E-state index in [9.17, 15) is 31.1 Å². The summed E-state index contributed by atoms with van der Waals surface area (Å²) in [7, 11) is 0. The molecule has 122 valence electrons. The first-order chi connectivity index (χ1) is 9.93. The number of rotatable bonds is 1. The molecule has 4 nitrogen and oxygen atoms in total. The van der Waals surface area contributed by atoms with Crippen LogP contribution >= 0.6 is 0 Å². The van der Waals surface area contributed by atoms with Crippen molar-refractivity contribution >= 4 is 17.5 Å². The van der Waals surface area contributed by atoms with Gasteiger partial charge in [0.2, 0.25) is 6.10 Å². The Labute approximate surface area is 120 Å². The van der Waals surface area contributed by atoms with Crippen molar-refractivity contribution < 1.29 is 35.9 Å². The Hall–Kier alpha value is -2.13. The van der Waals surface area contributed by atoms with Crippen molar-refractivity contribution in [3.63, 3.8) is 0 Å². The number of anilines is 2. The van der Waals surface area contributed by atoms with Gasteiger partial charge in [0.15, 0.2) is 0 Å². The summed E-state index contributed by atoms with van der Waals surface area (Å²) >= 11 is 0. The van der Waals surface area contributed by atoms with Crippen LogP contribution in [0.1, 0.15) is 12.5 Å². The molecule has 0 aliphatic carbocycles. The van der Waals surface area contributed by atoms with Crippen molar-refractivity contribution in [2.24, 2.45) is 0 Å². The number of nitrogens with two attached hydrogens (primary N) is 1. The molecule has 1 aromatic rings. The molecule has 22 heavy (non-hydrogen) atoms. The zero-order chi connectivity index (χ0) is 16.9. The fourth-order valence-electron chi connectivity index (χ4n) is 2.17. The Morgan fingerprint density at radius 3 is 2.18 bits per heavy atom. The van der Waals surface area contributed by atoms with E-state index in [1.54, 1.807) is 0 Å². The van der Waals surface area contributed by atoms with E-state index < -0.39 is 41.8 Å². The third kappa shape index (κ3) is 2.77. The van der Waals surface area contributed by atoms with E-state index in [-0.39, 0.29) is 5.69 Å². The monoisotopic (exact) mass is 328 g/mol. The fourth-order valence-corrected chi connectivity index (χ4v) is 2.17. The normalized spacial score (nSPS) is 22.9. The van der Waals surface area contributed by atoms with Gasteiger partial charge in [0, 0.05) is 0 Å². The van der Waals surface area contributed by atoms with Gasteiger partial charge in [0.25, 0.3) is 0 Å². The van der Waals surface area contributed by atoms with Gasteiger partial charge in [-0.05, 0) is 25.1 Å². The topological polar surface area (TPSA) is 55.6 Å². The number of carbonyl (C=O) groups excluding carboxylic acids is 1. The van der Waals surface area contributed by atoms with Crippen molar-refractivity contribution in [2.45, 2.75) is 31.4 Å². The second-order valence-electron chi connectivity index (χ2n) is 4.73. The molecule has 2 rings (SSSR count). The number of nitrogens with zero attached hydrogens (tertiary/aromatic N) is 1. The van der Waals surface area contributed by atoms with Crippen molar-refractivity contribution in [1.82, 2.24) is 0 Å². The average Bonchev–Trinajstić information content (AvgIpc) is 2.64. The highest BCUT2D eigenvalue weighted by molar-refractivity contribution is 5.94. The summed E-state index contributed by atoms with van der Waals surface area (Å²) < 4.78 is 80.0. The van der Waals surface area contributed by atoms with Crippen molar-refractivity contribution in [1.29, 1.82) is 0 Å². The van der Waals surface area contributed by atoms with E-state index in [0.717, 1.165) is 13.0 Å². The first-order valence-electron chi connectivity index (χ1n) is 5.96. The number of hydrogen-bond acceptors (Lipinski definition) is 3. The summed E-state index contributed by atoms with van der Waals surface area (Å²) in [5.74, 6) is 0. The smallest absolute Gasteiger partial charge is 0.427 e. The van der Waals surface area contributed by atoms with Gasteiger partial charge in [-0.3, -0.25) is 4.90 Å². The number of amides is 1. The number of cyclic esters (lactones) is 1. The lowest BCUT2D eigenvalue weighted by molar-refractivity contribution is -0.198. The Kier molecular flexibility index (Phi) is 3.66. The molecule has 0 aromatic heterocycles. The molecular weight excluding hydrogens is 318 g/mol. The second kappa shape index (κ2) is 4.96. The third-order valence-electron chi connectivity index (χ3n) is 3.21. The molecule has 2 unspecified atom stereocenters. The first kappa shape index (κ1) is 16.2. The highest BCUT2D eigenvalue weighted by Gasteiger charge is 2.55. The summed E-state index contributed by atoms with van der Waals surface area (Å²) in [6, 6.07) is 0.573. The Balaban J connectivity index is 2.38. The lowest BCUT2D eigenvalue weighted by Gasteiger charge is -2.23. The lowest BCUT2D eigenvalue weighted by atomic mass is 10.1. The predicted molar refractivity (Wildman–Crippen MR) is 64.1 cm³/mol. The largest absolute Gasteiger partial charge is 0.434 e. The maximum Gasteiger partial charge on any atom is 0.427 e. The molecule has 0 bridgehead atoms. The summed E-state index contributed by atoms with van der Waals surface area (Å²) in [6.07, 6.45) is -13.1. The maximum atomic E-state index is 12.7. The molecule has 1 fully saturated rings. The minimum Gasteiger partial charge on any atom is -0.434 e. The molecule has 1 aliphatic heterocycles. The van der Waals surface area contributed by atoms with Gasteiger partial charge in [0.05, 0.1) is 23.0 Å². The zero-order valence-corrected chi connectivity index (χ0v) is 11.0. The van der Waals surface area contributed by atoms with E-state index in [1.807, 2.05) is 0 Å². The Bertz CT molecular complexity index is 598. The van der Waals surface area contributed by atoms with E-state index in [2.05, 4.69) is 4.74 Å². The van der Waals surface area contributed by atoms with Gasteiger partial charge in [-0.15, -0.1) is 0 Å². The Morgan fingerprint density at radius 2 is 1.77 bits per heavy atom. The molecule has 1 heterocycles. The van der Waals surface area contributed by atoms with Crippen LogP contribution < -0.4 is 10.6 Å². The van der Waals surface area contributed by atoms with Crippen LogP contribution in [0.2, 0.25) is 0 Å². The van der Waals surface area contributed by atoms with Crippen molar-refractivity contribution in [2.75, 3.05) is 10.6 Å². The summed E-state index contributed by atoms with van der Waals surface area (Å²) in [4.78, 5) is 12.2. The van der Waals surface area contributed by atoms with Gasteiger partial charge in [-0.2, -0.15) is 26.3 Å². The van der Waals surface area contributed by atoms with Gasteiger partial charge >= 0.3 is 18.4 Å². The highest BCUT2D eigenvalue weighted by atomic mass is 19.4. The van der Waals surface area contributed by atoms with Gasteiger partial charge in [0.1, 0.15) is 0 Å². The van der Waals surface area contributed by atoms with Crippen molar-refractivity contribution in [3.05, 3.63) is 23.8 Å². The molecule has 2 N–H and O–H groups in total. The average molecular weight is 328 g/mol.